The summed E-state index contributed by atoms with van der Waals surface area (Å²) >= 11 is 0. The van der Waals surface area contributed by atoms with Crippen LogP contribution in [0.1, 0.15) is 32.3 Å². The maximum Gasteiger partial charge on any atom is 0.150 e. The molecule has 1 aromatic carbocycles. The molecule has 140 valence electrons. The summed E-state index contributed by atoms with van der Waals surface area (Å²) in [4.78, 5) is 2.02. The van der Waals surface area contributed by atoms with Gasteiger partial charge in [0.05, 0.1) is 17.4 Å². The number of aliphatic hydroxyl groups is 1. The van der Waals surface area contributed by atoms with Crippen LogP contribution in [-0.4, -0.2) is 62.3 Å². The van der Waals surface area contributed by atoms with Crippen LogP contribution in [-0.2, 0) is 9.84 Å². The molecule has 25 heavy (non-hydrogen) atoms. The van der Waals surface area contributed by atoms with Gasteiger partial charge >= 0.3 is 0 Å². The summed E-state index contributed by atoms with van der Waals surface area (Å²) in [5.74, 6) is 1.03. The first-order valence-corrected chi connectivity index (χ1v) is 10.5. The Morgan fingerprint density at radius 2 is 1.92 bits per heavy atom. The van der Waals surface area contributed by atoms with Gasteiger partial charge in [0, 0.05) is 12.3 Å². The van der Waals surface area contributed by atoms with Crippen LogP contribution >= 0.6 is 0 Å². The molecule has 0 amide bonds. The van der Waals surface area contributed by atoms with E-state index in [0.29, 0.717) is 37.2 Å². The molecule has 0 aromatic heterocycles. The fourth-order valence-electron chi connectivity index (χ4n) is 2.47. The average Bonchev–Trinajstić information content (AvgIpc) is 2.59. The highest BCUT2D eigenvalue weighted by molar-refractivity contribution is 7.91. The molecule has 0 radical (unpaired) electrons. The Kier molecular flexibility index (Phi) is 9.50. The van der Waals surface area contributed by atoms with E-state index in [1.807, 2.05) is 24.8 Å². The maximum atomic E-state index is 11.7. The zero-order valence-electron chi connectivity index (χ0n) is 15.0. The minimum absolute atomic E-state index is 0.149. The van der Waals surface area contributed by atoms with Crippen LogP contribution in [0, 0.1) is 11.3 Å². The second-order valence-electron chi connectivity index (χ2n) is 6.00. The minimum atomic E-state index is -2.95. The first-order chi connectivity index (χ1) is 11.9. The molecule has 0 spiro atoms. The normalized spacial score (nSPS) is 12.8. The summed E-state index contributed by atoms with van der Waals surface area (Å²) in [6.45, 7) is 5.79. The van der Waals surface area contributed by atoms with Crippen LogP contribution in [0.25, 0.3) is 0 Å². The number of hydrogen-bond acceptors (Lipinski definition) is 6. The van der Waals surface area contributed by atoms with Crippen molar-refractivity contribution in [1.82, 2.24) is 4.90 Å². The Morgan fingerprint density at radius 1 is 1.24 bits per heavy atom. The lowest BCUT2D eigenvalue weighted by atomic mass is 10.2. The number of benzene rings is 1. The Bertz CT molecular complexity index is 638. The van der Waals surface area contributed by atoms with Crippen molar-refractivity contribution in [3.8, 4) is 11.8 Å². The summed E-state index contributed by atoms with van der Waals surface area (Å²) in [5.41, 5.74) is 0.558. The average molecular weight is 368 g/mol. The van der Waals surface area contributed by atoms with Crippen LogP contribution in [0.5, 0.6) is 5.75 Å². The van der Waals surface area contributed by atoms with Gasteiger partial charge in [-0.15, -0.1) is 0 Å². The van der Waals surface area contributed by atoms with E-state index in [4.69, 9.17) is 10.00 Å². The second-order valence-corrected chi connectivity index (χ2v) is 8.30. The van der Waals surface area contributed by atoms with Crippen LogP contribution in [0.2, 0.25) is 0 Å². The van der Waals surface area contributed by atoms with E-state index in [1.165, 1.54) is 0 Å². The molecule has 0 aliphatic carbocycles. The van der Waals surface area contributed by atoms with Gasteiger partial charge in [-0.05, 0) is 50.2 Å². The molecular weight excluding hydrogens is 340 g/mol. The Hall–Kier alpha value is -1.62. The van der Waals surface area contributed by atoms with Crippen molar-refractivity contribution in [3.63, 3.8) is 0 Å². The third kappa shape index (κ3) is 8.87. The van der Waals surface area contributed by atoms with Crippen LogP contribution in [0.3, 0.4) is 0 Å². The number of nitriles is 1. The van der Waals surface area contributed by atoms with E-state index in [2.05, 4.69) is 0 Å². The lowest BCUT2D eigenvalue weighted by Crippen LogP contribution is -2.36. The molecule has 0 saturated heterocycles. The summed E-state index contributed by atoms with van der Waals surface area (Å²) < 4.78 is 29.0. The topological polar surface area (TPSA) is 90.6 Å². The van der Waals surface area contributed by atoms with Crippen molar-refractivity contribution in [2.45, 2.75) is 32.8 Å². The van der Waals surface area contributed by atoms with Gasteiger partial charge in [0.25, 0.3) is 0 Å². The molecule has 7 heteroatoms. The molecule has 6 nitrogen and oxygen atoms in total. The molecule has 1 N–H and O–H groups in total. The number of sulfone groups is 1. The van der Waals surface area contributed by atoms with Gasteiger partial charge in [-0.3, -0.25) is 0 Å². The molecule has 0 aliphatic rings. The monoisotopic (exact) mass is 368 g/mol. The Balaban J connectivity index is 2.34. The number of hydrogen-bond donors (Lipinski definition) is 1. The fourth-order valence-corrected chi connectivity index (χ4v) is 3.86. The Morgan fingerprint density at radius 3 is 2.48 bits per heavy atom. The van der Waals surface area contributed by atoms with Gasteiger partial charge in [-0.1, -0.05) is 13.8 Å². The molecule has 1 unspecified atom stereocenters. The fraction of sp³-hybridized carbons (Fsp3) is 0.611. The maximum absolute atomic E-state index is 11.7. The summed E-state index contributed by atoms with van der Waals surface area (Å²) in [5, 5.41) is 18.9. The van der Waals surface area contributed by atoms with E-state index in [-0.39, 0.29) is 18.1 Å². The van der Waals surface area contributed by atoms with Gasteiger partial charge < -0.3 is 14.7 Å². The van der Waals surface area contributed by atoms with Crippen molar-refractivity contribution in [3.05, 3.63) is 29.8 Å². The van der Waals surface area contributed by atoms with Gasteiger partial charge in [0.1, 0.15) is 28.3 Å². The van der Waals surface area contributed by atoms with E-state index in [1.54, 1.807) is 24.3 Å². The molecule has 0 aliphatic heterocycles. The van der Waals surface area contributed by atoms with Crippen LogP contribution < -0.4 is 4.74 Å². The predicted octanol–water partition coefficient (Wildman–Crippen LogP) is 1.83. The smallest absolute Gasteiger partial charge is 0.150 e. The van der Waals surface area contributed by atoms with Gasteiger partial charge in [0.2, 0.25) is 0 Å². The molecule has 1 aromatic rings. The van der Waals surface area contributed by atoms with Gasteiger partial charge in [-0.25, -0.2) is 8.42 Å². The van der Waals surface area contributed by atoms with Crippen LogP contribution in [0.4, 0.5) is 0 Å². The highest BCUT2D eigenvalue weighted by Gasteiger charge is 2.14. The number of ether oxygens (including phenoxy) is 1. The van der Waals surface area contributed by atoms with Gasteiger partial charge in [-0.2, -0.15) is 5.26 Å². The SMILES string of the molecule is CCCS(=O)(=O)CCCN(CC)CC(O)COc1ccc(C#N)cc1. The molecule has 1 atom stereocenters. The first-order valence-electron chi connectivity index (χ1n) is 8.64. The van der Waals surface area contributed by atoms with E-state index in [9.17, 15) is 13.5 Å². The quantitative estimate of drug-likeness (QED) is 0.605. The number of likely N-dealkylation sites (N-methyl/N-ethyl adjacent to an activating group) is 1. The second kappa shape index (κ2) is 11.1. The third-order valence-corrected chi connectivity index (χ3v) is 5.73. The predicted molar refractivity (Wildman–Crippen MR) is 98.3 cm³/mol. The highest BCUT2D eigenvalue weighted by Crippen LogP contribution is 2.12. The van der Waals surface area contributed by atoms with Gasteiger partial charge in [0.15, 0.2) is 0 Å². The van der Waals surface area contributed by atoms with E-state index < -0.39 is 15.9 Å². The van der Waals surface area contributed by atoms with Crippen molar-refractivity contribution in [2.24, 2.45) is 0 Å². The lowest BCUT2D eigenvalue weighted by Gasteiger charge is -2.23. The zero-order chi connectivity index (χ0) is 18.7. The van der Waals surface area contributed by atoms with Crippen molar-refractivity contribution >= 4 is 9.84 Å². The van der Waals surface area contributed by atoms with E-state index in [0.717, 1.165) is 6.54 Å². The zero-order valence-corrected chi connectivity index (χ0v) is 15.8. The van der Waals surface area contributed by atoms with Crippen molar-refractivity contribution in [1.29, 1.82) is 5.26 Å². The van der Waals surface area contributed by atoms with Crippen LogP contribution in [0.15, 0.2) is 24.3 Å². The van der Waals surface area contributed by atoms with E-state index >= 15 is 0 Å². The lowest BCUT2D eigenvalue weighted by molar-refractivity contribution is 0.0700. The largest absolute Gasteiger partial charge is 0.491 e. The van der Waals surface area contributed by atoms with Crippen molar-refractivity contribution in [2.75, 3.05) is 37.7 Å². The molecule has 0 bridgehead atoms. The minimum Gasteiger partial charge on any atom is -0.491 e. The third-order valence-electron chi connectivity index (χ3n) is 3.79. The summed E-state index contributed by atoms with van der Waals surface area (Å²) in [6.07, 6.45) is 0.549. The number of aliphatic hydroxyl groups excluding tert-OH is 1. The molecule has 0 saturated carbocycles. The number of nitrogens with zero attached hydrogens (tertiary/aromatic N) is 2. The summed E-state index contributed by atoms with van der Waals surface area (Å²) in [6, 6.07) is 8.76. The van der Waals surface area contributed by atoms with Crippen molar-refractivity contribution < 1.29 is 18.3 Å². The number of rotatable bonds is 12. The first kappa shape index (κ1) is 21.4. The molecule has 0 fully saturated rings. The molecule has 0 heterocycles. The highest BCUT2D eigenvalue weighted by atomic mass is 32.2. The molecular formula is C18H28N2O4S. The molecule has 1 rings (SSSR count). The Labute approximate surface area is 150 Å². The standard InChI is InChI=1S/C18H28N2O4S/c1-3-11-25(22,23)12-5-10-20(4-2)14-17(21)15-24-18-8-6-16(13-19)7-9-18/h6-9,17,21H,3-5,10-12,14-15H2,1-2H3. The summed E-state index contributed by atoms with van der Waals surface area (Å²) in [7, 11) is -2.95.